The van der Waals surface area contributed by atoms with Gasteiger partial charge < -0.3 is 5.32 Å². The third-order valence-electron chi connectivity index (χ3n) is 3.58. The number of halogens is 1. The van der Waals surface area contributed by atoms with Gasteiger partial charge in [0.25, 0.3) is 17.5 Å². The second kappa shape index (κ2) is 6.44. The molecule has 1 aliphatic rings. The summed E-state index contributed by atoms with van der Waals surface area (Å²) in [6.45, 7) is -0.532. The first-order valence-corrected chi connectivity index (χ1v) is 7.87. The van der Waals surface area contributed by atoms with E-state index in [1.807, 2.05) is 0 Å². The highest BCUT2D eigenvalue weighted by molar-refractivity contribution is 9.10. The van der Waals surface area contributed by atoms with Crippen LogP contribution in [-0.2, 0) is 4.79 Å². The van der Waals surface area contributed by atoms with Crippen molar-refractivity contribution in [2.24, 2.45) is 0 Å². The highest BCUT2D eigenvalue weighted by atomic mass is 79.9. The monoisotopic (exact) mass is 403 g/mol. The number of nitro groups is 1. The minimum absolute atomic E-state index is 0.0746. The van der Waals surface area contributed by atoms with Gasteiger partial charge in [0.15, 0.2) is 0 Å². The van der Waals surface area contributed by atoms with Crippen LogP contribution in [0.2, 0.25) is 0 Å². The molecule has 0 radical (unpaired) electrons. The maximum atomic E-state index is 12.4. The van der Waals surface area contributed by atoms with E-state index in [0.29, 0.717) is 10.6 Å². The number of carbonyl (C=O) groups excluding carboxylic acids is 3. The van der Waals surface area contributed by atoms with Crippen LogP contribution < -0.4 is 5.32 Å². The van der Waals surface area contributed by atoms with Crippen molar-refractivity contribution in [3.63, 3.8) is 0 Å². The molecular formula is C16H10BrN3O5. The van der Waals surface area contributed by atoms with Gasteiger partial charge in [-0.2, -0.15) is 0 Å². The summed E-state index contributed by atoms with van der Waals surface area (Å²) in [4.78, 5) is 47.9. The van der Waals surface area contributed by atoms with Gasteiger partial charge >= 0.3 is 0 Å². The predicted molar refractivity (Wildman–Crippen MR) is 91.2 cm³/mol. The van der Waals surface area contributed by atoms with Crippen LogP contribution in [0.5, 0.6) is 0 Å². The third-order valence-corrected chi connectivity index (χ3v) is 4.08. The van der Waals surface area contributed by atoms with Crippen molar-refractivity contribution in [2.45, 2.75) is 0 Å². The van der Waals surface area contributed by atoms with Crippen molar-refractivity contribution in [3.8, 4) is 0 Å². The van der Waals surface area contributed by atoms with Gasteiger partial charge in [-0.05, 0) is 24.3 Å². The Morgan fingerprint density at radius 3 is 2.56 bits per heavy atom. The highest BCUT2D eigenvalue weighted by Crippen LogP contribution is 2.30. The predicted octanol–water partition coefficient (Wildman–Crippen LogP) is 2.59. The van der Waals surface area contributed by atoms with Crippen LogP contribution >= 0.6 is 15.9 Å². The molecule has 8 nitrogen and oxygen atoms in total. The van der Waals surface area contributed by atoms with Crippen molar-refractivity contribution in [2.75, 3.05) is 11.9 Å². The summed E-state index contributed by atoms with van der Waals surface area (Å²) < 4.78 is 0.752. The molecule has 25 heavy (non-hydrogen) atoms. The van der Waals surface area contributed by atoms with E-state index >= 15 is 0 Å². The summed E-state index contributed by atoms with van der Waals surface area (Å²) in [7, 11) is 0. The quantitative estimate of drug-likeness (QED) is 0.479. The van der Waals surface area contributed by atoms with Crippen LogP contribution in [-0.4, -0.2) is 34.1 Å². The Morgan fingerprint density at radius 1 is 1.16 bits per heavy atom. The summed E-state index contributed by atoms with van der Waals surface area (Å²) in [5.41, 5.74) is -0.324. The van der Waals surface area contributed by atoms with Crippen molar-refractivity contribution < 1.29 is 19.3 Å². The standard InChI is InChI=1S/C16H10BrN3O5/c17-9-3-1-4-10(7-9)18-13(21)8-19-15(22)11-5-2-6-12(20(24)25)14(11)16(19)23/h1-7H,8H2,(H,18,21). The molecule has 0 fully saturated rings. The lowest BCUT2D eigenvalue weighted by molar-refractivity contribution is -0.385. The Bertz CT molecular complexity index is 928. The van der Waals surface area contributed by atoms with Gasteiger partial charge in [-0.3, -0.25) is 29.4 Å². The molecule has 0 spiro atoms. The number of fused-ring (bicyclic) bond motifs is 1. The highest BCUT2D eigenvalue weighted by Gasteiger charge is 2.41. The van der Waals surface area contributed by atoms with E-state index in [9.17, 15) is 24.5 Å². The largest absolute Gasteiger partial charge is 0.324 e. The number of imide groups is 1. The Hall–Kier alpha value is -3.07. The number of carbonyl (C=O) groups is 3. The van der Waals surface area contributed by atoms with Crippen molar-refractivity contribution >= 4 is 45.0 Å². The number of hydrogen-bond acceptors (Lipinski definition) is 5. The summed E-state index contributed by atoms with van der Waals surface area (Å²) in [6.07, 6.45) is 0. The fourth-order valence-electron chi connectivity index (χ4n) is 2.52. The number of nitrogens with zero attached hydrogens (tertiary/aromatic N) is 2. The van der Waals surface area contributed by atoms with Crippen molar-refractivity contribution in [3.05, 3.63) is 68.2 Å². The third kappa shape index (κ3) is 3.13. The smallest absolute Gasteiger partial charge is 0.282 e. The van der Waals surface area contributed by atoms with Crippen LogP contribution in [0.1, 0.15) is 20.7 Å². The second-order valence-electron chi connectivity index (χ2n) is 5.21. The fourth-order valence-corrected chi connectivity index (χ4v) is 2.92. The summed E-state index contributed by atoms with van der Waals surface area (Å²) in [5.74, 6) is -2.17. The number of rotatable bonds is 4. The van der Waals surface area contributed by atoms with E-state index in [4.69, 9.17) is 0 Å². The van der Waals surface area contributed by atoms with E-state index in [1.165, 1.54) is 12.1 Å². The van der Waals surface area contributed by atoms with E-state index in [1.54, 1.807) is 24.3 Å². The van der Waals surface area contributed by atoms with Gasteiger partial charge in [0.1, 0.15) is 12.1 Å². The lowest BCUT2D eigenvalue weighted by Gasteiger charge is -2.13. The molecule has 9 heteroatoms. The zero-order valence-corrected chi connectivity index (χ0v) is 14.1. The minimum Gasteiger partial charge on any atom is -0.324 e. The minimum atomic E-state index is -0.850. The SMILES string of the molecule is O=C(CN1C(=O)c2cccc([N+](=O)[O-])c2C1=O)Nc1cccc(Br)c1. The number of benzene rings is 2. The maximum absolute atomic E-state index is 12.4. The molecule has 1 N–H and O–H groups in total. The lowest BCUT2D eigenvalue weighted by atomic mass is 10.1. The van der Waals surface area contributed by atoms with Crippen molar-refractivity contribution in [1.82, 2.24) is 4.90 Å². The molecule has 1 aliphatic heterocycles. The van der Waals surface area contributed by atoms with Gasteiger partial charge in [0, 0.05) is 16.2 Å². The number of hydrogen-bond donors (Lipinski definition) is 1. The molecular weight excluding hydrogens is 394 g/mol. The molecule has 1 heterocycles. The zero-order valence-electron chi connectivity index (χ0n) is 12.6. The van der Waals surface area contributed by atoms with E-state index in [-0.39, 0.29) is 11.1 Å². The van der Waals surface area contributed by atoms with E-state index in [2.05, 4.69) is 21.2 Å². The average molecular weight is 404 g/mol. The molecule has 3 rings (SSSR count). The molecule has 2 aromatic rings. The van der Waals surface area contributed by atoms with Gasteiger partial charge in [0.05, 0.1) is 10.5 Å². The number of nitrogens with one attached hydrogen (secondary N) is 1. The first-order valence-electron chi connectivity index (χ1n) is 7.07. The Morgan fingerprint density at radius 2 is 1.88 bits per heavy atom. The van der Waals surface area contributed by atoms with Crippen LogP contribution in [0.25, 0.3) is 0 Å². The van der Waals surface area contributed by atoms with Crippen LogP contribution in [0, 0.1) is 10.1 Å². The molecule has 0 saturated carbocycles. The first kappa shape index (κ1) is 16.8. The number of amides is 3. The van der Waals surface area contributed by atoms with E-state index < -0.39 is 34.9 Å². The van der Waals surface area contributed by atoms with Gasteiger partial charge in [-0.25, -0.2) is 0 Å². The zero-order chi connectivity index (χ0) is 18.1. The number of nitro benzene ring substituents is 1. The Kier molecular flexibility index (Phi) is 4.32. The fraction of sp³-hybridized carbons (Fsp3) is 0.0625. The Balaban J connectivity index is 1.81. The molecule has 0 bridgehead atoms. The lowest BCUT2D eigenvalue weighted by Crippen LogP contribution is -2.37. The molecule has 0 unspecified atom stereocenters. The van der Waals surface area contributed by atoms with Crippen LogP contribution in [0.15, 0.2) is 46.9 Å². The van der Waals surface area contributed by atoms with Gasteiger partial charge in [-0.15, -0.1) is 0 Å². The van der Waals surface area contributed by atoms with Gasteiger partial charge in [0.2, 0.25) is 5.91 Å². The molecule has 0 saturated heterocycles. The number of anilines is 1. The molecule has 0 atom stereocenters. The second-order valence-corrected chi connectivity index (χ2v) is 6.13. The normalized spacial score (nSPS) is 12.9. The molecule has 2 aromatic carbocycles. The molecule has 126 valence electrons. The first-order chi connectivity index (χ1) is 11.9. The topological polar surface area (TPSA) is 110 Å². The van der Waals surface area contributed by atoms with Crippen LogP contribution in [0.4, 0.5) is 11.4 Å². The molecule has 3 amide bonds. The molecule has 0 aromatic heterocycles. The molecule has 0 aliphatic carbocycles. The maximum Gasteiger partial charge on any atom is 0.282 e. The summed E-state index contributed by atoms with van der Waals surface area (Å²) in [6, 6.07) is 10.6. The van der Waals surface area contributed by atoms with Crippen molar-refractivity contribution in [1.29, 1.82) is 0 Å². The average Bonchev–Trinajstić information content (AvgIpc) is 2.80. The van der Waals surface area contributed by atoms with E-state index in [0.717, 1.165) is 10.5 Å². The van der Waals surface area contributed by atoms with Gasteiger partial charge in [-0.1, -0.05) is 28.1 Å². The van der Waals surface area contributed by atoms with Crippen LogP contribution in [0.3, 0.4) is 0 Å². The summed E-state index contributed by atoms with van der Waals surface area (Å²) in [5, 5.41) is 13.6. The summed E-state index contributed by atoms with van der Waals surface area (Å²) >= 11 is 3.27. The Labute approximate surface area is 149 Å².